The number of aryl methyl sites for hydroxylation is 2. The first kappa shape index (κ1) is 25.6. The predicted octanol–water partition coefficient (Wildman–Crippen LogP) is 4.50. The number of amides is 2. The molecule has 2 N–H and O–H groups in total. The first-order valence-electron chi connectivity index (χ1n) is 11.9. The molecular formula is C26H31N5O4S. The predicted molar refractivity (Wildman–Crippen MR) is 139 cm³/mol. The molecule has 190 valence electrons. The van der Waals surface area contributed by atoms with Crippen molar-refractivity contribution >= 4 is 29.3 Å². The van der Waals surface area contributed by atoms with E-state index < -0.39 is 0 Å². The minimum Gasteiger partial charge on any atom is -0.454 e. The summed E-state index contributed by atoms with van der Waals surface area (Å²) in [5.41, 5.74) is 3.38. The second-order valence-electron chi connectivity index (χ2n) is 9.00. The highest BCUT2D eigenvalue weighted by molar-refractivity contribution is 7.99. The number of hydrogen-bond donors (Lipinski definition) is 2. The number of anilines is 1. The summed E-state index contributed by atoms with van der Waals surface area (Å²) in [4.78, 5) is 25.7. The lowest BCUT2D eigenvalue weighted by molar-refractivity contribution is -0.113. The number of carbonyl (C=O) groups excluding carboxylic acids is 2. The summed E-state index contributed by atoms with van der Waals surface area (Å²) >= 11 is 1.32. The Morgan fingerprint density at radius 3 is 2.61 bits per heavy atom. The van der Waals surface area contributed by atoms with Crippen molar-refractivity contribution in [1.29, 1.82) is 0 Å². The fourth-order valence-electron chi connectivity index (χ4n) is 3.91. The molecule has 1 atom stereocenters. The van der Waals surface area contributed by atoms with Gasteiger partial charge in [0.25, 0.3) is 5.91 Å². The molecule has 4 rings (SSSR count). The van der Waals surface area contributed by atoms with Crippen LogP contribution in [0.1, 0.15) is 54.1 Å². The zero-order valence-corrected chi connectivity index (χ0v) is 21.9. The van der Waals surface area contributed by atoms with Crippen LogP contribution in [-0.4, -0.2) is 39.1 Å². The number of nitrogens with zero attached hydrogens (tertiary/aromatic N) is 3. The van der Waals surface area contributed by atoms with Gasteiger partial charge in [-0.05, 0) is 62.1 Å². The average Bonchev–Trinajstić information content (AvgIpc) is 3.49. The maximum atomic E-state index is 13.1. The molecule has 0 aliphatic carbocycles. The zero-order chi connectivity index (χ0) is 25.8. The summed E-state index contributed by atoms with van der Waals surface area (Å²) in [6.07, 6.45) is 0. The van der Waals surface area contributed by atoms with Gasteiger partial charge in [-0.1, -0.05) is 37.7 Å². The van der Waals surface area contributed by atoms with E-state index in [-0.39, 0.29) is 36.3 Å². The SMILES string of the molecule is CCn1c(SCC(=O)Nc2cc(C)ccc2C)nnc1C(NC(=O)c1ccc2c(c1)OCO2)C(C)C. The van der Waals surface area contributed by atoms with E-state index in [1.54, 1.807) is 18.2 Å². The number of benzene rings is 2. The fourth-order valence-corrected chi connectivity index (χ4v) is 4.72. The van der Waals surface area contributed by atoms with Crippen molar-refractivity contribution < 1.29 is 19.1 Å². The molecule has 0 radical (unpaired) electrons. The standard InChI is InChI=1S/C26H31N5O4S/c1-6-31-24(23(15(2)3)28-25(33)18-9-10-20-21(12-18)35-14-34-20)29-30-26(31)36-13-22(32)27-19-11-16(4)7-8-17(19)5/h7-12,15,23H,6,13-14H2,1-5H3,(H,27,32)(H,28,33). The lowest BCUT2D eigenvalue weighted by atomic mass is 10.0. The molecule has 0 saturated heterocycles. The first-order chi connectivity index (χ1) is 17.3. The monoisotopic (exact) mass is 509 g/mol. The second-order valence-corrected chi connectivity index (χ2v) is 9.95. The van der Waals surface area contributed by atoms with Crippen LogP contribution in [0.2, 0.25) is 0 Å². The lowest BCUT2D eigenvalue weighted by Crippen LogP contribution is -2.33. The van der Waals surface area contributed by atoms with E-state index >= 15 is 0 Å². The third-order valence-electron chi connectivity index (χ3n) is 5.93. The van der Waals surface area contributed by atoms with E-state index in [1.807, 2.05) is 57.4 Å². The summed E-state index contributed by atoms with van der Waals surface area (Å²) in [6, 6.07) is 10.7. The number of aromatic nitrogens is 3. The number of hydrogen-bond acceptors (Lipinski definition) is 7. The topological polar surface area (TPSA) is 107 Å². The Morgan fingerprint density at radius 2 is 1.86 bits per heavy atom. The molecule has 1 aromatic heterocycles. The van der Waals surface area contributed by atoms with Gasteiger partial charge in [-0.25, -0.2) is 0 Å². The van der Waals surface area contributed by atoms with E-state index in [0.717, 1.165) is 16.8 Å². The molecule has 36 heavy (non-hydrogen) atoms. The van der Waals surface area contributed by atoms with Gasteiger partial charge >= 0.3 is 0 Å². The molecule has 3 aromatic rings. The van der Waals surface area contributed by atoms with Crippen molar-refractivity contribution in [3.8, 4) is 11.5 Å². The van der Waals surface area contributed by atoms with Crippen molar-refractivity contribution in [2.75, 3.05) is 17.9 Å². The maximum absolute atomic E-state index is 13.1. The normalized spacial score (nSPS) is 13.1. The van der Waals surface area contributed by atoms with E-state index in [4.69, 9.17) is 9.47 Å². The Bertz CT molecular complexity index is 1270. The van der Waals surface area contributed by atoms with Crippen molar-refractivity contribution in [2.45, 2.75) is 52.4 Å². The van der Waals surface area contributed by atoms with Gasteiger partial charge in [0.1, 0.15) is 0 Å². The largest absolute Gasteiger partial charge is 0.454 e. The summed E-state index contributed by atoms with van der Waals surface area (Å²) in [6.45, 7) is 10.7. The molecule has 2 amide bonds. The minimum atomic E-state index is -0.367. The highest BCUT2D eigenvalue weighted by Crippen LogP contribution is 2.33. The molecule has 1 aliphatic heterocycles. The molecule has 9 nitrogen and oxygen atoms in total. The highest BCUT2D eigenvalue weighted by atomic mass is 32.2. The molecule has 0 fully saturated rings. The molecule has 2 heterocycles. The molecule has 1 aliphatic rings. The summed E-state index contributed by atoms with van der Waals surface area (Å²) in [5, 5.41) is 15.4. The van der Waals surface area contributed by atoms with Crippen LogP contribution >= 0.6 is 11.8 Å². The quantitative estimate of drug-likeness (QED) is 0.409. The Kier molecular flexibility index (Phi) is 7.83. The van der Waals surface area contributed by atoms with E-state index in [2.05, 4.69) is 20.8 Å². The van der Waals surface area contributed by atoms with Gasteiger partial charge in [0.2, 0.25) is 12.7 Å². The van der Waals surface area contributed by atoms with Crippen LogP contribution in [0.25, 0.3) is 0 Å². The number of fused-ring (bicyclic) bond motifs is 1. The molecular weight excluding hydrogens is 478 g/mol. The molecule has 0 spiro atoms. The summed E-state index contributed by atoms with van der Waals surface area (Å²) < 4.78 is 12.7. The Morgan fingerprint density at radius 1 is 1.08 bits per heavy atom. The Balaban J connectivity index is 1.45. The summed E-state index contributed by atoms with van der Waals surface area (Å²) in [5.74, 6) is 1.74. The highest BCUT2D eigenvalue weighted by Gasteiger charge is 2.27. The van der Waals surface area contributed by atoms with E-state index in [9.17, 15) is 9.59 Å². The molecule has 1 unspecified atom stereocenters. The van der Waals surface area contributed by atoms with E-state index in [1.165, 1.54) is 11.8 Å². The van der Waals surface area contributed by atoms with Gasteiger partial charge in [-0.3, -0.25) is 9.59 Å². The van der Waals surface area contributed by atoms with Crippen LogP contribution in [0, 0.1) is 19.8 Å². The van der Waals surface area contributed by atoms with Crippen LogP contribution in [0.5, 0.6) is 11.5 Å². The third kappa shape index (κ3) is 5.64. The van der Waals surface area contributed by atoms with Gasteiger partial charge in [0.15, 0.2) is 22.5 Å². The van der Waals surface area contributed by atoms with Crippen LogP contribution in [0.4, 0.5) is 5.69 Å². The van der Waals surface area contributed by atoms with E-state index in [0.29, 0.717) is 34.6 Å². The number of ether oxygens (including phenoxy) is 2. The second kappa shape index (κ2) is 11.0. The van der Waals surface area contributed by atoms with Crippen molar-refractivity contribution in [3.63, 3.8) is 0 Å². The fraction of sp³-hybridized carbons (Fsp3) is 0.385. The van der Waals surface area contributed by atoms with Gasteiger partial charge in [-0.2, -0.15) is 0 Å². The minimum absolute atomic E-state index is 0.0582. The van der Waals surface area contributed by atoms with Gasteiger partial charge in [0.05, 0.1) is 11.8 Å². The Hall–Kier alpha value is -3.53. The van der Waals surface area contributed by atoms with Gasteiger partial charge < -0.3 is 24.7 Å². The molecule has 2 aromatic carbocycles. The number of carbonyl (C=O) groups is 2. The number of thioether (sulfide) groups is 1. The van der Waals surface area contributed by atoms with Crippen molar-refractivity contribution in [2.24, 2.45) is 5.92 Å². The maximum Gasteiger partial charge on any atom is 0.252 e. The smallest absolute Gasteiger partial charge is 0.252 e. The van der Waals surface area contributed by atoms with Crippen LogP contribution in [-0.2, 0) is 11.3 Å². The average molecular weight is 510 g/mol. The zero-order valence-electron chi connectivity index (χ0n) is 21.1. The van der Waals surface area contributed by atoms with Crippen LogP contribution < -0.4 is 20.1 Å². The third-order valence-corrected chi connectivity index (χ3v) is 6.89. The van der Waals surface area contributed by atoms with Crippen LogP contribution in [0.3, 0.4) is 0 Å². The number of nitrogens with one attached hydrogen (secondary N) is 2. The van der Waals surface area contributed by atoms with Gasteiger partial charge in [-0.15, -0.1) is 10.2 Å². The summed E-state index contributed by atoms with van der Waals surface area (Å²) in [7, 11) is 0. The molecule has 0 bridgehead atoms. The molecule has 0 saturated carbocycles. The van der Waals surface area contributed by atoms with Crippen LogP contribution in [0.15, 0.2) is 41.6 Å². The molecule has 10 heteroatoms. The first-order valence-corrected chi connectivity index (χ1v) is 12.9. The lowest BCUT2D eigenvalue weighted by Gasteiger charge is -2.22. The Labute approximate surface area is 215 Å². The van der Waals surface area contributed by atoms with Crippen molar-refractivity contribution in [3.05, 3.63) is 58.9 Å². The number of rotatable bonds is 9. The van der Waals surface area contributed by atoms with Crippen molar-refractivity contribution in [1.82, 2.24) is 20.1 Å². The van der Waals surface area contributed by atoms with Gasteiger partial charge in [0, 0.05) is 17.8 Å².